The molecule has 0 aromatic heterocycles. The summed E-state index contributed by atoms with van der Waals surface area (Å²) >= 11 is 0. The number of benzene rings is 3. The highest BCUT2D eigenvalue weighted by Crippen LogP contribution is 2.59. The Balaban J connectivity index is 2.06. The Kier molecular flexibility index (Phi) is 14.0. The van der Waals surface area contributed by atoms with E-state index in [9.17, 15) is 28.3 Å². The van der Waals surface area contributed by atoms with Gasteiger partial charge in [0.05, 0.1) is 11.1 Å². The predicted octanol–water partition coefficient (Wildman–Crippen LogP) is 8.95. The molecular weight excluding hydrogens is 662 g/mol. The maximum absolute atomic E-state index is 14.0. The molecular formula is C34H36O12P2. The smallest absolute Gasteiger partial charge is 0.412 e. The summed E-state index contributed by atoms with van der Waals surface area (Å²) in [5.74, 6) is -2.16. The van der Waals surface area contributed by atoms with Gasteiger partial charge in [0, 0.05) is 0 Å². The van der Waals surface area contributed by atoms with E-state index in [0.29, 0.717) is 11.1 Å². The first kappa shape index (κ1) is 37.5. The van der Waals surface area contributed by atoms with Gasteiger partial charge in [-0.3, -0.25) is 9.59 Å². The summed E-state index contributed by atoms with van der Waals surface area (Å²) < 4.78 is 60.4. The number of carbonyl (C=O) groups excluding carboxylic acids is 4. The van der Waals surface area contributed by atoms with Gasteiger partial charge < -0.3 is 27.6 Å². The van der Waals surface area contributed by atoms with Crippen molar-refractivity contribution in [3.05, 3.63) is 118 Å². The summed E-state index contributed by atoms with van der Waals surface area (Å²) in [4.78, 5) is 50.5. The van der Waals surface area contributed by atoms with Crippen molar-refractivity contribution in [2.45, 2.75) is 53.4 Å². The van der Waals surface area contributed by atoms with E-state index in [1.54, 1.807) is 64.1 Å². The van der Waals surface area contributed by atoms with Gasteiger partial charge in [-0.1, -0.05) is 76.2 Å². The van der Waals surface area contributed by atoms with E-state index in [2.05, 4.69) is 0 Å². The molecule has 3 aromatic carbocycles. The van der Waals surface area contributed by atoms with Crippen LogP contribution >= 0.6 is 15.2 Å². The minimum absolute atomic E-state index is 0.0735. The Morgan fingerprint density at radius 2 is 0.854 bits per heavy atom. The van der Waals surface area contributed by atoms with E-state index >= 15 is 0 Å². The number of ether oxygens (including phenoxy) is 2. The van der Waals surface area contributed by atoms with E-state index in [-0.39, 0.29) is 61.3 Å². The number of hydrogen-bond donors (Lipinski definition) is 0. The molecule has 3 aromatic rings. The van der Waals surface area contributed by atoms with Crippen LogP contribution in [0.3, 0.4) is 0 Å². The minimum atomic E-state index is -4.62. The van der Waals surface area contributed by atoms with Crippen molar-refractivity contribution in [2.75, 3.05) is 0 Å². The molecule has 0 aliphatic rings. The van der Waals surface area contributed by atoms with E-state index < -0.39 is 38.1 Å². The monoisotopic (exact) mass is 698 g/mol. The van der Waals surface area contributed by atoms with Crippen LogP contribution < -0.4 is 9.05 Å². The SMILES string of the molecule is CCC(CC)=C(OC(=O)c1ccccc1C(=O)OC(=C(CC)CC)P(=O)(OC=O)Oc1ccccc1)P(=O)(OC=O)Oc1ccccc1. The molecule has 0 saturated heterocycles. The molecule has 0 aliphatic carbocycles. The fourth-order valence-corrected chi connectivity index (χ4v) is 7.71. The molecule has 12 nitrogen and oxygen atoms in total. The molecule has 0 aliphatic heterocycles. The Labute approximate surface area is 278 Å². The quantitative estimate of drug-likeness (QED) is 0.0538. The lowest BCUT2D eigenvalue weighted by Gasteiger charge is -2.22. The van der Waals surface area contributed by atoms with Gasteiger partial charge in [-0.25, -0.2) is 18.7 Å². The lowest BCUT2D eigenvalue weighted by molar-refractivity contribution is -0.122. The molecule has 0 N–H and O–H groups in total. The van der Waals surface area contributed by atoms with Gasteiger partial charge in [-0.15, -0.1) is 0 Å². The lowest BCUT2D eigenvalue weighted by atomic mass is 10.1. The Morgan fingerprint density at radius 1 is 0.542 bits per heavy atom. The Bertz CT molecular complexity index is 1610. The van der Waals surface area contributed by atoms with Crippen molar-refractivity contribution >= 4 is 40.1 Å². The third kappa shape index (κ3) is 9.33. The van der Waals surface area contributed by atoms with Gasteiger partial charge in [-0.2, -0.15) is 0 Å². The van der Waals surface area contributed by atoms with E-state index in [1.165, 1.54) is 48.5 Å². The normalized spacial score (nSPS) is 12.9. The molecule has 0 heterocycles. The van der Waals surface area contributed by atoms with Crippen LogP contribution in [0.2, 0.25) is 0 Å². The highest BCUT2D eigenvalue weighted by molar-refractivity contribution is 7.59. The van der Waals surface area contributed by atoms with Gasteiger partial charge in [0.1, 0.15) is 11.5 Å². The van der Waals surface area contributed by atoms with Crippen molar-refractivity contribution in [3.63, 3.8) is 0 Å². The average Bonchev–Trinajstić information content (AvgIpc) is 3.09. The number of hydrogen-bond acceptors (Lipinski definition) is 12. The second-order valence-electron chi connectivity index (χ2n) is 9.76. The van der Waals surface area contributed by atoms with Crippen LogP contribution in [0.4, 0.5) is 0 Å². The third-order valence-electron chi connectivity index (χ3n) is 6.86. The fourth-order valence-electron chi connectivity index (χ4n) is 4.45. The fraction of sp³-hybridized carbons (Fsp3) is 0.235. The second kappa shape index (κ2) is 17.8. The van der Waals surface area contributed by atoms with Crippen LogP contribution in [-0.4, -0.2) is 24.9 Å². The maximum atomic E-state index is 14.0. The zero-order valence-corrected chi connectivity index (χ0v) is 28.6. The van der Waals surface area contributed by atoms with Crippen molar-refractivity contribution < 1.29 is 55.9 Å². The molecule has 48 heavy (non-hydrogen) atoms. The summed E-state index contributed by atoms with van der Waals surface area (Å²) in [6.07, 6.45) is 0.966. The topological polar surface area (TPSA) is 158 Å². The van der Waals surface area contributed by atoms with Gasteiger partial charge >= 0.3 is 40.1 Å². The Hall–Kier alpha value is -4.92. The summed E-state index contributed by atoms with van der Waals surface area (Å²) in [6.45, 7) is 6.73. The van der Waals surface area contributed by atoms with Gasteiger partial charge in [0.25, 0.3) is 0 Å². The molecule has 2 unspecified atom stereocenters. The predicted molar refractivity (Wildman–Crippen MR) is 176 cm³/mol. The molecule has 0 spiro atoms. The average molecular weight is 699 g/mol. The van der Waals surface area contributed by atoms with Gasteiger partial charge in [0.2, 0.25) is 11.0 Å². The summed E-state index contributed by atoms with van der Waals surface area (Å²) in [5.41, 5.74) is -1.03. The van der Waals surface area contributed by atoms with Crippen LogP contribution in [0.15, 0.2) is 107 Å². The zero-order chi connectivity index (χ0) is 35.2. The number of allylic oxidation sites excluding steroid dienone is 2. The maximum Gasteiger partial charge on any atom is 0.500 e. The standard InChI is InChI=1S/C34H36O12P2/c1-5-25(6-2)33(47(39,41-23-35)45-27-17-11-9-12-18-27)43-31(37)29-21-15-16-22-30(29)32(38)44-34(26(7-3)8-4)48(40,42-24-36)46-28-19-13-10-14-20-28/h9-24H,5-8H2,1-4H3. The van der Waals surface area contributed by atoms with Crippen LogP contribution in [0, 0.1) is 0 Å². The lowest BCUT2D eigenvalue weighted by Crippen LogP contribution is -2.17. The zero-order valence-electron chi connectivity index (χ0n) is 26.9. The second-order valence-corrected chi connectivity index (χ2v) is 13.4. The summed E-state index contributed by atoms with van der Waals surface area (Å²) in [6, 6.07) is 21.1. The number of para-hydroxylation sites is 2. The number of rotatable bonds is 18. The van der Waals surface area contributed by atoms with Crippen LogP contribution in [0.1, 0.15) is 74.1 Å². The van der Waals surface area contributed by atoms with Gasteiger partial charge in [-0.05, 0) is 73.2 Å². The van der Waals surface area contributed by atoms with E-state index in [0.717, 1.165) is 0 Å². The van der Waals surface area contributed by atoms with E-state index in [4.69, 9.17) is 27.6 Å². The molecule has 3 rings (SSSR count). The third-order valence-corrected chi connectivity index (χ3v) is 10.3. The molecule has 0 saturated carbocycles. The van der Waals surface area contributed by atoms with Crippen molar-refractivity contribution in [1.29, 1.82) is 0 Å². The van der Waals surface area contributed by atoms with Crippen molar-refractivity contribution in [1.82, 2.24) is 0 Å². The molecule has 0 bridgehead atoms. The van der Waals surface area contributed by atoms with Crippen LogP contribution in [0.5, 0.6) is 11.5 Å². The molecule has 14 heteroatoms. The van der Waals surface area contributed by atoms with Crippen LogP contribution in [-0.2, 0) is 37.2 Å². The first-order chi connectivity index (χ1) is 23.1. The van der Waals surface area contributed by atoms with Gasteiger partial charge in [0.15, 0.2) is 0 Å². The molecule has 2 atom stereocenters. The number of carbonyl (C=O) groups is 4. The largest absolute Gasteiger partial charge is 0.500 e. The molecule has 0 amide bonds. The molecule has 0 radical (unpaired) electrons. The first-order valence-corrected chi connectivity index (χ1v) is 18.1. The Morgan fingerprint density at radius 3 is 1.15 bits per heavy atom. The summed E-state index contributed by atoms with van der Waals surface area (Å²) in [7, 11) is -9.24. The molecule has 0 fully saturated rings. The first-order valence-electron chi connectivity index (χ1n) is 15.0. The van der Waals surface area contributed by atoms with Crippen molar-refractivity contribution in [2.24, 2.45) is 0 Å². The summed E-state index contributed by atoms with van der Waals surface area (Å²) in [5, 5.41) is 0. The highest BCUT2D eigenvalue weighted by Gasteiger charge is 2.42. The highest BCUT2D eigenvalue weighted by atomic mass is 31.2. The van der Waals surface area contributed by atoms with E-state index in [1.807, 2.05) is 0 Å². The van der Waals surface area contributed by atoms with Crippen LogP contribution in [0.25, 0.3) is 0 Å². The van der Waals surface area contributed by atoms with Crippen molar-refractivity contribution in [3.8, 4) is 11.5 Å². The molecule has 254 valence electrons. The minimum Gasteiger partial charge on any atom is -0.412 e. The number of esters is 2.